The molecule has 0 bridgehead atoms. The molecule has 1 aliphatic heterocycles. The molecule has 1 aliphatic carbocycles. The smallest absolute Gasteiger partial charge is 0.225 e. The maximum atomic E-state index is 12.3. The van der Waals surface area contributed by atoms with Gasteiger partial charge in [0.25, 0.3) is 0 Å². The fraction of sp³-hybridized carbons (Fsp3) is 0.556. The Morgan fingerprint density at radius 2 is 2.21 bits per heavy atom. The van der Waals surface area contributed by atoms with Crippen LogP contribution in [0.5, 0.6) is 5.75 Å². The van der Waals surface area contributed by atoms with Gasteiger partial charge in [-0.15, -0.1) is 0 Å². The third-order valence-corrected chi connectivity index (χ3v) is 6.17. The summed E-state index contributed by atoms with van der Waals surface area (Å²) in [5.74, 6) is 1.46. The van der Waals surface area contributed by atoms with Gasteiger partial charge < -0.3 is 14.5 Å². The molecule has 0 spiro atoms. The molecule has 4 rings (SSSR count). The van der Waals surface area contributed by atoms with Crippen molar-refractivity contribution >= 4 is 32.6 Å². The molecule has 1 saturated heterocycles. The van der Waals surface area contributed by atoms with Crippen LogP contribution in [0.3, 0.4) is 0 Å². The molecule has 2 aliphatic rings. The Labute approximate surface area is 146 Å². The van der Waals surface area contributed by atoms with Crippen LogP contribution in [0.25, 0.3) is 10.2 Å². The number of thiazole rings is 1. The first kappa shape index (κ1) is 15.7. The molecule has 2 aromatic rings. The second kappa shape index (κ2) is 6.24. The van der Waals surface area contributed by atoms with Crippen LogP contribution in [-0.2, 0) is 4.79 Å². The number of hydrogen-bond acceptors (Lipinski definition) is 5. The van der Waals surface area contributed by atoms with E-state index in [0.29, 0.717) is 17.9 Å². The molecule has 2 heterocycles. The van der Waals surface area contributed by atoms with E-state index in [9.17, 15) is 4.79 Å². The fourth-order valence-corrected chi connectivity index (χ4v) is 4.38. The number of carbonyl (C=O) groups excluding carboxylic acids is 1. The third-order valence-electron chi connectivity index (χ3n) is 5.07. The highest BCUT2D eigenvalue weighted by Gasteiger charge is 2.36. The molecular weight excluding hydrogens is 322 g/mol. The van der Waals surface area contributed by atoms with Crippen LogP contribution in [0.2, 0.25) is 0 Å². The van der Waals surface area contributed by atoms with Crippen molar-refractivity contribution in [2.75, 3.05) is 32.1 Å². The van der Waals surface area contributed by atoms with Crippen molar-refractivity contribution in [2.24, 2.45) is 5.92 Å². The number of anilines is 1. The number of hydrogen-bond donors (Lipinski definition) is 0. The number of amides is 1. The molecule has 0 N–H and O–H groups in total. The van der Waals surface area contributed by atoms with E-state index >= 15 is 0 Å². The first-order valence-electron chi connectivity index (χ1n) is 8.62. The van der Waals surface area contributed by atoms with Gasteiger partial charge in [-0.25, -0.2) is 4.98 Å². The maximum Gasteiger partial charge on any atom is 0.225 e. The Bertz CT molecular complexity index is 756. The molecule has 1 amide bonds. The summed E-state index contributed by atoms with van der Waals surface area (Å²) in [6.07, 6.45) is 4.33. The lowest BCUT2D eigenvalue weighted by atomic mass is 10.0. The van der Waals surface area contributed by atoms with E-state index < -0.39 is 0 Å². The Balaban J connectivity index is 1.52. The minimum absolute atomic E-state index is 0.292. The Morgan fingerprint density at radius 3 is 2.96 bits per heavy atom. The highest BCUT2D eigenvalue weighted by molar-refractivity contribution is 7.22. The van der Waals surface area contributed by atoms with E-state index in [1.807, 2.05) is 24.1 Å². The van der Waals surface area contributed by atoms with Crippen LogP contribution in [0.15, 0.2) is 18.2 Å². The van der Waals surface area contributed by atoms with E-state index in [1.54, 1.807) is 18.4 Å². The van der Waals surface area contributed by atoms with Gasteiger partial charge in [0.2, 0.25) is 5.91 Å². The number of rotatable bonds is 4. The summed E-state index contributed by atoms with van der Waals surface area (Å²) in [5.41, 5.74) is 0.985. The summed E-state index contributed by atoms with van der Waals surface area (Å²) < 4.78 is 6.46. The lowest BCUT2D eigenvalue weighted by molar-refractivity contribution is -0.133. The molecule has 0 radical (unpaired) electrons. The highest BCUT2D eigenvalue weighted by Crippen LogP contribution is 2.34. The molecule has 1 aromatic heterocycles. The van der Waals surface area contributed by atoms with Crippen molar-refractivity contribution in [2.45, 2.75) is 31.7 Å². The van der Waals surface area contributed by atoms with Gasteiger partial charge in [0.15, 0.2) is 5.13 Å². The van der Waals surface area contributed by atoms with Crippen LogP contribution in [-0.4, -0.2) is 49.1 Å². The summed E-state index contributed by atoms with van der Waals surface area (Å²) in [4.78, 5) is 21.5. The number of benzene rings is 1. The number of methoxy groups -OCH3 is 1. The minimum atomic E-state index is 0.292. The lowest BCUT2D eigenvalue weighted by Crippen LogP contribution is -2.49. The van der Waals surface area contributed by atoms with E-state index in [-0.39, 0.29) is 0 Å². The molecule has 5 nitrogen and oxygen atoms in total. The van der Waals surface area contributed by atoms with Gasteiger partial charge in [0.1, 0.15) is 5.75 Å². The van der Waals surface area contributed by atoms with E-state index in [2.05, 4.69) is 11.0 Å². The van der Waals surface area contributed by atoms with E-state index in [4.69, 9.17) is 9.72 Å². The summed E-state index contributed by atoms with van der Waals surface area (Å²) >= 11 is 1.72. The van der Waals surface area contributed by atoms with Gasteiger partial charge in [-0.1, -0.05) is 11.3 Å². The zero-order valence-electron chi connectivity index (χ0n) is 14.2. The second-order valence-electron chi connectivity index (χ2n) is 6.80. The normalized spacial score (nSPS) is 21.1. The van der Waals surface area contributed by atoms with Gasteiger partial charge in [0, 0.05) is 38.2 Å². The topological polar surface area (TPSA) is 45.7 Å². The van der Waals surface area contributed by atoms with E-state index in [0.717, 1.165) is 55.2 Å². The van der Waals surface area contributed by atoms with Gasteiger partial charge in [-0.2, -0.15) is 0 Å². The van der Waals surface area contributed by atoms with Crippen molar-refractivity contribution < 1.29 is 9.53 Å². The zero-order chi connectivity index (χ0) is 16.7. The summed E-state index contributed by atoms with van der Waals surface area (Å²) in [5, 5.41) is 1.05. The number of aromatic nitrogens is 1. The quantitative estimate of drug-likeness (QED) is 0.854. The fourth-order valence-electron chi connectivity index (χ4n) is 3.40. The van der Waals surface area contributed by atoms with Gasteiger partial charge >= 0.3 is 0 Å². The van der Waals surface area contributed by atoms with Gasteiger partial charge in [-0.05, 0) is 37.8 Å². The summed E-state index contributed by atoms with van der Waals surface area (Å²) in [6.45, 7) is 1.89. The van der Waals surface area contributed by atoms with Crippen molar-refractivity contribution in [3.05, 3.63) is 18.2 Å². The van der Waals surface area contributed by atoms with Crippen molar-refractivity contribution in [3.8, 4) is 5.75 Å². The molecule has 2 fully saturated rings. The Hall–Kier alpha value is -1.82. The molecule has 1 unspecified atom stereocenters. The SMILES string of the molecule is COc1ccc2sc(N3CCCC(N(C)C(=O)C4CC4)C3)nc2c1. The number of piperidine rings is 1. The number of fused-ring (bicyclic) bond motifs is 1. The average Bonchev–Trinajstić information content (AvgIpc) is 3.38. The number of carbonyl (C=O) groups is 1. The Morgan fingerprint density at radius 1 is 1.38 bits per heavy atom. The lowest BCUT2D eigenvalue weighted by Gasteiger charge is -2.37. The van der Waals surface area contributed by atoms with Crippen molar-refractivity contribution in [1.29, 1.82) is 0 Å². The molecule has 128 valence electrons. The standard InChI is InChI=1S/C18H23N3O2S/c1-20(17(22)12-5-6-12)13-4-3-9-21(11-13)18-19-15-10-14(23-2)7-8-16(15)24-18/h7-8,10,12-13H,3-6,9,11H2,1-2H3. The van der Waals surface area contributed by atoms with E-state index in [1.165, 1.54) is 4.70 Å². The molecule has 1 saturated carbocycles. The second-order valence-corrected chi connectivity index (χ2v) is 7.80. The van der Waals surface area contributed by atoms with Crippen molar-refractivity contribution in [3.63, 3.8) is 0 Å². The largest absolute Gasteiger partial charge is 0.497 e. The minimum Gasteiger partial charge on any atom is -0.497 e. The zero-order valence-corrected chi connectivity index (χ0v) is 15.0. The Kier molecular flexibility index (Phi) is 4.08. The average molecular weight is 345 g/mol. The number of nitrogens with zero attached hydrogens (tertiary/aromatic N) is 3. The highest BCUT2D eigenvalue weighted by atomic mass is 32.1. The monoisotopic (exact) mass is 345 g/mol. The number of likely N-dealkylation sites (N-methyl/N-ethyl adjacent to an activating group) is 1. The van der Waals surface area contributed by atoms with Crippen molar-refractivity contribution in [1.82, 2.24) is 9.88 Å². The molecular formula is C18H23N3O2S. The van der Waals surface area contributed by atoms with Crippen LogP contribution in [0.4, 0.5) is 5.13 Å². The van der Waals surface area contributed by atoms with Crippen LogP contribution in [0.1, 0.15) is 25.7 Å². The first-order chi connectivity index (χ1) is 11.7. The molecule has 6 heteroatoms. The number of ether oxygens (including phenoxy) is 1. The summed E-state index contributed by atoms with van der Waals surface area (Å²) in [6, 6.07) is 6.33. The molecule has 1 atom stereocenters. The van der Waals surface area contributed by atoms with Crippen LogP contribution < -0.4 is 9.64 Å². The van der Waals surface area contributed by atoms with Crippen LogP contribution >= 0.6 is 11.3 Å². The van der Waals surface area contributed by atoms with Crippen LogP contribution in [0, 0.1) is 5.92 Å². The maximum absolute atomic E-state index is 12.3. The molecule has 24 heavy (non-hydrogen) atoms. The van der Waals surface area contributed by atoms with Gasteiger partial charge in [-0.3, -0.25) is 4.79 Å². The first-order valence-corrected chi connectivity index (χ1v) is 9.43. The van der Waals surface area contributed by atoms with Gasteiger partial charge in [0.05, 0.1) is 17.3 Å². The summed E-state index contributed by atoms with van der Waals surface area (Å²) in [7, 11) is 3.65. The predicted octanol–water partition coefficient (Wildman–Crippen LogP) is 3.14. The third kappa shape index (κ3) is 2.95. The predicted molar refractivity (Wildman–Crippen MR) is 96.9 cm³/mol. The molecule has 1 aromatic carbocycles.